The zero-order chi connectivity index (χ0) is 25.5. The lowest BCUT2D eigenvalue weighted by Crippen LogP contribution is -2.36. The fourth-order valence-corrected chi connectivity index (χ4v) is 4.28. The highest BCUT2D eigenvalue weighted by molar-refractivity contribution is 8.18. The van der Waals surface area contributed by atoms with Gasteiger partial charge in [-0.1, -0.05) is 30.1 Å². The molecule has 0 spiro atoms. The third kappa shape index (κ3) is 6.78. The molecular weight excluding hydrogens is 515 g/mol. The van der Waals surface area contributed by atoms with Crippen LogP contribution in [0.25, 0.3) is 6.08 Å². The second kappa shape index (κ2) is 12.1. The quantitative estimate of drug-likeness (QED) is 0.327. The number of hydrogen-bond acceptors (Lipinski definition) is 7. The number of nitrogens with zero attached hydrogens (tertiary/aromatic N) is 1. The molecule has 0 saturated carbocycles. The Labute approximate surface area is 216 Å². The number of hydrogen-bond donors (Lipinski definition) is 1. The number of esters is 1. The molecule has 184 valence electrons. The average Bonchev–Trinajstić information content (AvgIpc) is 3.07. The predicted molar refractivity (Wildman–Crippen MR) is 136 cm³/mol. The van der Waals surface area contributed by atoms with E-state index in [1.807, 2.05) is 13.8 Å². The zero-order valence-electron chi connectivity index (χ0n) is 18.9. The van der Waals surface area contributed by atoms with Crippen molar-refractivity contribution in [2.45, 2.75) is 20.3 Å². The molecule has 0 atom stereocenters. The maximum atomic E-state index is 12.8. The van der Waals surface area contributed by atoms with Crippen molar-refractivity contribution < 1.29 is 28.7 Å². The van der Waals surface area contributed by atoms with E-state index < -0.39 is 29.6 Å². The summed E-state index contributed by atoms with van der Waals surface area (Å²) in [5.74, 6) is -1.34. The minimum absolute atomic E-state index is 0.0960. The van der Waals surface area contributed by atoms with Gasteiger partial charge in [-0.3, -0.25) is 19.3 Å². The van der Waals surface area contributed by atoms with Crippen LogP contribution in [0.15, 0.2) is 41.3 Å². The summed E-state index contributed by atoms with van der Waals surface area (Å²) in [7, 11) is 0. The van der Waals surface area contributed by atoms with Gasteiger partial charge in [0.2, 0.25) is 5.91 Å². The number of benzene rings is 2. The molecule has 3 rings (SSSR count). The zero-order valence-corrected chi connectivity index (χ0v) is 21.3. The molecule has 1 aliphatic heterocycles. The molecule has 0 bridgehead atoms. The third-order valence-electron chi connectivity index (χ3n) is 4.64. The van der Waals surface area contributed by atoms with Gasteiger partial charge in [0.25, 0.3) is 11.1 Å². The molecule has 0 aliphatic carbocycles. The van der Waals surface area contributed by atoms with E-state index in [0.29, 0.717) is 41.1 Å². The van der Waals surface area contributed by atoms with Crippen molar-refractivity contribution in [2.24, 2.45) is 0 Å². The Hall–Kier alpha value is -3.01. The summed E-state index contributed by atoms with van der Waals surface area (Å²) in [5, 5.41) is 2.60. The van der Waals surface area contributed by atoms with Crippen LogP contribution in [-0.2, 0) is 14.3 Å². The normalized spacial score (nSPS) is 14.4. The van der Waals surface area contributed by atoms with Gasteiger partial charge in [0.1, 0.15) is 12.3 Å². The maximum Gasteiger partial charge on any atom is 0.339 e. The molecule has 0 aromatic heterocycles. The highest BCUT2D eigenvalue weighted by Crippen LogP contribution is 2.35. The number of anilines is 1. The molecule has 11 heteroatoms. The van der Waals surface area contributed by atoms with Crippen molar-refractivity contribution in [1.82, 2.24) is 4.90 Å². The molecule has 2 aromatic carbocycles. The van der Waals surface area contributed by atoms with Crippen LogP contribution in [0.1, 0.15) is 36.2 Å². The lowest BCUT2D eigenvalue weighted by Gasteiger charge is -2.13. The van der Waals surface area contributed by atoms with Crippen LogP contribution >= 0.6 is 35.0 Å². The Morgan fingerprint density at radius 1 is 1.11 bits per heavy atom. The first-order valence-corrected chi connectivity index (χ1v) is 12.2. The van der Waals surface area contributed by atoms with Crippen LogP contribution in [0, 0.1) is 0 Å². The number of rotatable bonds is 9. The van der Waals surface area contributed by atoms with Crippen LogP contribution < -0.4 is 10.1 Å². The first kappa shape index (κ1) is 26.6. The van der Waals surface area contributed by atoms with Crippen LogP contribution in [0.5, 0.6) is 5.75 Å². The van der Waals surface area contributed by atoms with E-state index in [0.717, 1.165) is 4.90 Å². The van der Waals surface area contributed by atoms with E-state index in [1.54, 1.807) is 18.2 Å². The highest BCUT2D eigenvalue weighted by atomic mass is 35.5. The van der Waals surface area contributed by atoms with Gasteiger partial charge < -0.3 is 14.8 Å². The molecular formula is C24H22Cl2N2O6S. The fraction of sp³-hybridized carbons (Fsp3) is 0.250. The SMILES string of the molecule is CCCOC(=O)c1cc(NC(=O)CN2C(=O)S/C(=C/c3cc(Cl)ccc3OCC)C2=O)ccc1Cl. The van der Waals surface area contributed by atoms with Gasteiger partial charge in [-0.15, -0.1) is 0 Å². The van der Waals surface area contributed by atoms with Crippen molar-refractivity contribution in [3.8, 4) is 5.75 Å². The number of carbonyl (C=O) groups is 4. The molecule has 0 unspecified atom stereocenters. The van der Waals surface area contributed by atoms with Gasteiger partial charge in [-0.25, -0.2) is 4.79 Å². The monoisotopic (exact) mass is 536 g/mol. The van der Waals surface area contributed by atoms with Gasteiger partial charge in [-0.2, -0.15) is 0 Å². The molecule has 8 nitrogen and oxygen atoms in total. The van der Waals surface area contributed by atoms with E-state index in [2.05, 4.69) is 5.32 Å². The van der Waals surface area contributed by atoms with Crippen LogP contribution in [-0.4, -0.2) is 47.7 Å². The fourth-order valence-electron chi connectivity index (χ4n) is 3.07. The largest absolute Gasteiger partial charge is 0.493 e. The lowest BCUT2D eigenvalue weighted by atomic mass is 10.2. The first-order chi connectivity index (χ1) is 16.7. The second-order valence-corrected chi connectivity index (χ2v) is 9.10. The Kier molecular flexibility index (Phi) is 9.20. The number of carbonyl (C=O) groups excluding carboxylic acids is 4. The minimum atomic E-state index is -0.624. The van der Waals surface area contributed by atoms with E-state index in [9.17, 15) is 19.2 Å². The number of ether oxygens (including phenoxy) is 2. The number of imide groups is 1. The Morgan fingerprint density at radius 2 is 1.89 bits per heavy atom. The summed E-state index contributed by atoms with van der Waals surface area (Å²) >= 11 is 12.8. The standard InChI is InChI=1S/C24H22Cl2N2O6S/c1-3-9-34-23(31)17-12-16(6-7-18(17)26)27-21(29)13-28-22(30)20(35-24(28)32)11-14-10-15(25)5-8-19(14)33-4-2/h5-8,10-12H,3-4,9,13H2,1-2H3,(H,27,29)/b20-11+. The molecule has 1 aliphatic rings. The average molecular weight is 537 g/mol. The van der Waals surface area contributed by atoms with E-state index in [4.69, 9.17) is 32.7 Å². The van der Waals surface area contributed by atoms with E-state index >= 15 is 0 Å². The smallest absolute Gasteiger partial charge is 0.339 e. The van der Waals surface area contributed by atoms with Gasteiger partial charge in [0.05, 0.1) is 28.7 Å². The van der Waals surface area contributed by atoms with Gasteiger partial charge >= 0.3 is 5.97 Å². The molecule has 1 heterocycles. The molecule has 1 saturated heterocycles. The van der Waals surface area contributed by atoms with E-state index in [-0.39, 0.29) is 27.8 Å². The summed E-state index contributed by atoms with van der Waals surface area (Å²) < 4.78 is 10.6. The summed E-state index contributed by atoms with van der Waals surface area (Å²) in [6, 6.07) is 9.28. The molecule has 1 N–H and O–H groups in total. The predicted octanol–water partition coefficient (Wildman–Crippen LogP) is 5.63. The van der Waals surface area contributed by atoms with Gasteiger partial charge in [0.15, 0.2) is 0 Å². The summed E-state index contributed by atoms with van der Waals surface area (Å²) in [6.45, 7) is 3.82. The van der Waals surface area contributed by atoms with Crippen LogP contribution in [0.4, 0.5) is 10.5 Å². The summed E-state index contributed by atoms with van der Waals surface area (Å²) in [6.07, 6.45) is 2.16. The Bertz CT molecular complexity index is 1200. The maximum absolute atomic E-state index is 12.8. The van der Waals surface area contributed by atoms with Gasteiger partial charge in [-0.05, 0) is 67.6 Å². The number of amides is 3. The summed E-state index contributed by atoms with van der Waals surface area (Å²) in [5.41, 5.74) is 0.905. The van der Waals surface area contributed by atoms with E-state index in [1.165, 1.54) is 24.3 Å². The van der Waals surface area contributed by atoms with Crippen molar-refractivity contribution in [3.63, 3.8) is 0 Å². The number of nitrogens with one attached hydrogen (secondary N) is 1. The van der Waals surface area contributed by atoms with Gasteiger partial charge in [0, 0.05) is 16.3 Å². The lowest BCUT2D eigenvalue weighted by molar-refractivity contribution is -0.127. The minimum Gasteiger partial charge on any atom is -0.493 e. The van der Waals surface area contributed by atoms with Crippen LogP contribution in [0.2, 0.25) is 10.0 Å². The molecule has 35 heavy (non-hydrogen) atoms. The van der Waals surface area contributed by atoms with Crippen molar-refractivity contribution in [1.29, 1.82) is 0 Å². The number of thioether (sulfide) groups is 1. The molecule has 2 aromatic rings. The first-order valence-electron chi connectivity index (χ1n) is 10.7. The highest BCUT2D eigenvalue weighted by Gasteiger charge is 2.36. The Balaban J connectivity index is 1.72. The summed E-state index contributed by atoms with van der Waals surface area (Å²) in [4.78, 5) is 51.0. The third-order valence-corrected chi connectivity index (χ3v) is 6.11. The van der Waals surface area contributed by atoms with Crippen molar-refractivity contribution in [3.05, 3.63) is 62.5 Å². The van der Waals surface area contributed by atoms with Crippen LogP contribution in [0.3, 0.4) is 0 Å². The molecule has 3 amide bonds. The van der Waals surface area contributed by atoms with Crippen molar-refractivity contribution in [2.75, 3.05) is 25.1 Å². The molecule has 0 radical (unpaired) electrons. The number of halogens is 2. The molecule has 1 fully saturated rings. The Morgan fingerprint density at radius 3 is 2.60 bits per heavy atom. The van der Waals surface area contributed by atoms with Crippen molar-refractivity contribution >= 4 is 69.8 Å². The second-order valence-electron chi connectivity index (χ2n) is 7.26. The topological polar surface area (TPSA) is 102 Å².